The topological polar surface area (TPSA) is 72.3 Å². The Kier molecular flexibility index (Phi) is 2.09. The first kappa shape index (κ1) is 8.72. The lowest BCUT2D eigenvalue weighted by Crippen LogP contribution is -2.28. The normalized spacial score (nSPS) is 21.5. The predicted octanol–water partition coefficient (Wildman–Crippen LogP) is 0.754. The Hall–Kier alpha value is -0.870. The molecule has 1 aliphatic carbocycles. The number of aliphatic hydroxyl groups is 1. The van der Waals surface area contributed by atoms with Crippen molar-refractivity contribution in [2.75, 3.05) is 0 Å². The second-order valence-electron chi connectivity index (χ2n) is 3.66. The van der Waals surface area contributed by atoms with Crippen molar-refractivity contribution < 1.29 is 9.52 Å². The standard InChI is InChI=1S/C9H14N2O2/c1-5-4-11-9(13-5)7(10)8(12)6-2-3-6/h4,6-8,12H,2-3,10H2,1H3. The van der Waals surface area contributed by atoms with Crippen LogP contribution in [0, 0.1) is 12.8 Å². The molecule has 1 aromatic heterocycles. The molecule has 2 atom stereocenters. The zero-order chi connectivity index (χ0) is 9.42. The Bertz CT molecular complexity index is 294. The zero-order valence-electron chi connectivity index (χ0n) is 7.60. The van der Waals surface area contributed by atoms with Gasteiger partial charge in [0, 0.05) is 0 Å². The van der Waals surface area contributed by atoms with Gasteiger partial charge < -0.3 is 15.3 Å². The van der Waals surface area contributed by atoms with Crippen LogP contribution in [0.5, 0.6) is 0 Å². The molecule has 1 saturated carbocycles. The van der Waals surface area contributed by atoms with Crippen molar-refractivity contribution in [3.05, 3.63) is 17.8 Å². The summed E-state index contributed by atoms with van der Waals surface area (Å²) >= 11 is 0. The van der Waals surface area contributed by atoms with Crippen LogP contribution in [0.25, 0.3) is 0 Å². The third kappa shape index (κ3) is 1.73. The number of aliphatic hydroxyl groups excluding tert-OH is 1. The number of rotatable bonds is 3. The van der Waals surface area contributed by atoms with Gasteiger partial charge in [0.05, 0.1) is 12.3 Å². The lowest BCUT2D eigenvalue weighted by molar-refractivity contribution is 0.110. The predicted molar refractivity (Wildman–Crippen MR) is 46.9 cm³/mol. The molecule has 0 spiro atoms. The highest BCUT2D eigenvalue weighted by atomic mass is 16.4. The van der Waals surface area contributed by atoms with E-state index >= 15 is 0 Å². The van der Waals surface area contributed by atoms with Gasteiger partial charge in [-0.25, -0.2) is 4.98 Å². The lowest BCUT2D eigenvalue weighted by atomic mass is 10.1. The van der Waals surface area contributed by atoms with Crippen LogP contribution in [0.4, 0.5) is 0 Å². The minimum absolute atomic E-state index is 0.349. The van der Waals surface area contributed by atoms with Crippen molar-refractivity contribution >= 4 is 0 Å². The van der Waals surface area contributed by atoms with Gasteiger partial charge >= 0.3 is 0 Å². The number of hydrogen-bond acceptors (Lipinski definition) is 4. The second kappa shape index (κ2) is 3.12. The second-order valence-corrected chi connectivity index (χ2v) is 3.66. The van der Waals surface area contributed by atoms with Crippen molar-refractivity contribution in [3.8, 4) is 0 Å². The molecule has 72 valence electrons. The highest BCUT2D eigenvalue weighted by molar-refractivity contribution is 5.00. The zero-order valence-corrected chi connectivity index (χ0v) is 7.60. The monoisotopic (exact) mass is 182 g/mol. The summed E-state index contributed by atoms with van der Waals surface area (Å²) in [7, 11) is 0. The molecular weight excluding hydrogens is 168 g/mol. The highest BCUT2D eigenvalue weighted by Gasteiger charge is 2.36. The van der Waals surface area contributed by atoms with Crippen LogP contribution in [0.15, 0.2) is 10.6 Å². The van der Waals surface area contributed by atoms with Crippen LogP contribution in [0.3, 0.4) is 0 Å². The van der Waals surface area contributed by atoms with Crippen LogP contribution in [0.1, 0.15) is 30.5 Å². The summed E-state index contributed by atoms with van der Waals surface area (Å²) in [6, 6.07) is -0.471. The maximum absolute atomic E-state index is 9.70. The molecule has 0 amide bonds. The molecule has 1 aromatic rings. The highest BCUT2D eigenvalue weighted by Crippen LogP contribution is 2.36. The lowest BCUT2D eigenvalue weighted by Gasteiger charge is -2.14. The van der Waals surface area contributed by atoms with E-state index in [0.717, 1.165) is 18.6 Å². The summed E-state index contributed by atoms with van der Waals surface area (Å²) in [5, 5.41) is 9.70. The number of oxazole rings is 1. The van der Waals surface area contributed by atoms with Gasteiger partial charge in [0.15, 0.2) is 0 Å². The van der Waals surface area contributed by atoms with E-state index in [1.165, 1.54) is 0 Å². The quantitative estimate of drug-likeness (QED) is 0.723. The number of nitrogens with two attached hydrogens (primary N) is 1. The van der Waals surface area contributed by atoms with Crippen LogP contribution >= 0.6 is 0 Å². The Morgan fingerprint density at radius 3 is 2.85 bits per heavy atom. The minimum Gasteiger partial charge on any atom is -0.444 e. The fourth-order valence-corrected chi connectivity index (χ4v) is 1.40. The van der Waals surface area contributed by atoms with Gasteiger partial charge in [0.2, 0.25) is 5.89 Å². The van der Waals surface area contributed by atoms with Gasteiger partial charge in [-0.05, 0) is 25.7 Å². The third-order valence-corrected chi connectivity index (χ3v) is 2.40. The SMILES string of the molecule is Cc1cnc(C(N)C(O)C2CC2)o1. The Morgan fingerprint density at radius 2 is 2.38 bits per heavy atom. The van der Waals surface area contributed by atoms with E-state index in [-0.39, 0.29) is 0 Å². The van der Waals surface area contributed by atoms with Crippen LogP contribution < -0.4 is 5.73 Å². The number of hydrogen-bond donors (Lipinski definition) is 2. The van der Waals surface area contributed by atoms with Gasteiger partial charge in [-0.3, -0.25) is 0 Å². The molecule has 0 aliphatic heterocycles. The Labute approximate surface area is 76.8 Å². The van der Waals surface area contributed by atoms with Gasteiger partial charge in [-0.1, -0.05) is 0 Å². The van der Waals surface area contributed by atoms with E-state index in [1.54, 1.807) is 6.20 Å². The summed E-state index contributed by atoms with van der Waals surface area (Å²) in [4.78, 5) is 4.00. The molecule has 2 rings (SSSR count). The molecule has 3 N–H and O–H groups in total. The van der Waals surface area contributed by atoms with Gasteiger partial charge in [0.25, 0.3) is 0 Å². The summed E-state index contributed by atoms with van der Waals surface area (Å²) in [5.74, 6) is 1.52. The molecule has 0 saturated heterocycles. The van der Waals surface area contributed by atoms with Crippen LogP contribution in [-0.2, 0) is 0 Å². The largest absolute Gasteiger partial charge is 0.444 e. The Morgan fingerprint density at radius 1 is 1.69 bits per heavy atom. The third-order valence-electron chi connectivity index (χ3n) is 2.40. The molecule has 1 fully saturated rings. The minimum atomic E-state index is -0.502. The fraction of sp³-hybridized carbons (Fsp3) is 0.667. The van der Waals surface area contributed by atoms with Crippen molar-refractivity contribution in [2.24, 2.45) is 11.7 Å². The van der Waals surface area contributed by atoms with Gasteiger partial charge in [0.1, 0.15) is 11.8 Å². The first-order valence-corrected chi connectivity index (χ1v) is 4.54. The smallest absolute Gasteiger partial charge is 0.213 e. The average Bonchev–Trinajstić information content (AvgIpc) is 2.87. The molecule has 13 heavy (non-hydrogen) atoms. The molecule has 2 unspecified atom stereocenters. The van der Waals surface area contributed by atoms with Crippen LogP contribution in [0.2, 0.25) is 0 Å². The van der Waals surface area contributed by atoms with E-state index in [9.17, 15) is 5.11 Å². The average molecular weight is 182 g/mol. The molecule has 1 heterocycles. The molecule has 0 aromatic carbocycles. The maximum Gasteiger partial charge on any atom is 0.213 e. The molecule has 4 heteroatoms. The van der Waals surface area contributed by atoms with Crippen molar-refractivity contribution in [1.29, 1.82) is 0 Å². The van der Waals surface area contributed by atoms with E-state index < -0.39 is 12.1 Å². The van der Waals surface area contributed by atoms with E-state index in [1.807, 2.05) is 6.92 Å². The van der Waals surface area contributed by atoms with Crippen molar-refractivity contribution in [2.45, 2.75) is 31.9 Å². The number of aromatic nitrogens is 1. The molecular formula is C9H14N2O2. The molecule has 0 bridgehead atoms. The number of aryl methyl sites for hydroxylation is 1. The van der Waals surface area contributed by atoms with Crippen molar-refractivity contribution in [3.63, 3.8) is 0 Å². The van der Waals surface area contributed by atoms with E-state index in [2.05, 4.69) is 4.98 Å². The van der Waals surface area contributed by atoms with E-state index in [4.69, 9.17) is 10.2 Å². The number of nitrogens with zero attached hydrogens (tertiary/aromatic N) is 1. The summed E-state index contributed by atoms with van der Waals surface area (Å²) < 4.78 is 5.25. The molecule has 1 aliphatic rings. The Balaban J connectivity index is 2.06. The first-order valence-electron chi connectivity index (χ1n) is 4.54. The molecule has 0 radical (unpaired) electrons. The van der Waals surface area contributed by atoms with Gasteiger partial charge in [-0.2, -0.15) is 0 Å². The fourth-order valence-electron chi connectivity index (χ4n) is 1.40. The summed E-state index contributed by atoms with van der Waals surface area (Å²) in [6.45, 7) is 1.81. The van der Waals surface area contributed by atoms with Crippen molar-refractivity contribution in [1.82, 2.24) is 4.98 Å². The van der Waals surface area contributed by atoms with Gasteiger partial charge in [-0.15, -0.1) is 0 Å². The maximum atomic E-state index is 9.70. The summed E-state index contributed by atoms with van der Waals surface area (Å²) in [5.41, 5.74) is 5.79. The van der Waals surface area contributed by atoms with Crippen LogP contribution in [-0.4, -0.2) is 16.2 Å². The summed E-state index contributed by atoms with van der Waals surface area (Å²) in [6.07, 6.45) is 3.25. The first-order chi connectivity index (χ1) is 6.18. The van der Waals surface area contributed by atoms with E-state index in [0.29, 0.717) is 11.8 Å². The molecule has 4 nitrogen and oxygen atoms in total.